The second kappa shape index (κ2) is 6.81. The second-order valence-corrected chi connectivity index (χ2v) is 5.54. The largest absolute Gasteiger partial charge is 0.439 e. The Morgan fingerprint density at radius 3 is 2.85 bits per heavy atom. The summed E-state index contributed by atoms with van der Waals surface area (Å²) in [6.45, 7) is 4.82. The summed E-state index contributed by atoms with van der Waals surface area (Å²) in [6.07, 6.45) is 1.67. The van der Waals surface area contributed by atoms with Gasteiger partial charge in [-0.3, -0.25) is 0 Å². The van der Waals surface area contributed by atoms with Gasteiger partial charge in [0.15, 0.2) is 0 Å². The van der Waals surface area contributed by atoms with Gasteiger partial charge in [0.2, 0.25) is 5.88 Å². The number of ether oxygens (including phenoxy) is 1. The van der Waals surface area contributed by atoms with Crippen LogP contribution in [0.3, 0.4) is 0 Å². The lowest BCUT2D eigenvalue weighted by atomic mass is 10.2. The van der Waals surface area contributed by atoms with Gasteiger partial charge in [-0.2, -0.15) is 0 Å². The van der Waals surface area contributed by atoms with Crippen molar-refractivity contribution in [2.24, 2.45) is 0 Å². The van der Waals surface area contributed by atoms with Gasteiger partial charge in [-0.1, -0.05) is 19.9 Å². The summed E-state index contributed by atoms with van der Waals surface area (Å²) < 4.78 is 19.3. The monoisotopic (exact) mass is 338 g/mol. The van der Waals surface area contributed by atoms with Crippen LogP contribution in [0, 0.1) is 5.82 Å². The molecule has 3 nitrogen and oxygen atoms in total. The van der Waals surface area contributed by atoms with Crippen LogP contribution in [0.25, 0.3) is 0 Å². The lowest BCUT2D eigenvalue weighted by Crippen LogP contribution is -2.22. The minimum atomic E-state index is -0.319. The molecule has 0 bridgehead atoms. The van der Waals surface area contributed by atoms with Crippen LogP contribution in [0.1, 0.15) is 19.4 Å². The van der Waals surface area contributed by atoms with Gasteiger partial charge >= 0.3 is 0 Å². The van der Waals surface area contributed by atoms with Crippen molar-refractivity contribution in [2.75, 3.05) is 0 Å². The molecular formula is C15H16BrFN2O. The molecule has 1 heterocycles. The lowest BCUT2D eigenvalue weighted by molar-refractivity contribution is 0.448. The van der Waals surface area contributed by atoms with Crippen LogP contribution in [0.15, 0.2) is 41.0 Å². The summed E-state index contributed by atoms with van der Waals surface area (Å²) in [6, 6.07) is 8.72. The third-order valence-corrected chi connectivity index (χ3v) is 3.26. The quantitative estimate of drug-likeness (QED) is 0.883. The van der Waals surface area contributed by atoms with E-state index in [9.17, 15) is 4.39 Å². The van der Waals surface area contributed by atoms with Crippen LogP contribution in [-0.4, -0.2) is 11.0 Å². The maximum absolute atomic E-state index is 13.2. The Morgan fingerprint density at radius 2 is 2.15 bits per heavy atom. The molecule has 0 spiro atoms. The number of aromatic nitrogens is 1. The van der Waals surface area contributed by atoms with Crippen LogP contribution >= 0.6 is 15.9 Å². The number of hydrogen-bond donors (Lipinski definition) is 1. The van der Waals surface area contributed by atoms with Crippen molar-refractivity contribution >= 4 is 15.9 Å². The molecule has 0 atom stereocenters. The molecule has 0 aliphatic carbocycles. The highest BCUT2D eigenvalue weighted by Gasteiger charge is 2.08. The Morgan fingerprint density at radius 1 is 1.35 bits per heavy atom. The Hall–Kier alpha value is -1.46. The summed E-state index contributed by atoms with van der Waals surface area (Å²) >= 11 is 3.14. The van der Waals surface area contributed by atoms with Crippen LogP contribution in [0.4, 0.5) is 4.39 Å². The van der Waals surface area contributed by atoms with Crippen molar-refractivity contribution in [1.29, 1.82) is 0 Å². The zero-order valence-corrected chi connectivity index (χ0v) is 12.9. The van der Waals surface area contributed by atoms with E-state index in [1.807, 2.05) is 12.1 Å². The van der Waals surface area contributed by atoms with Gasteiger partial charge in [-0.15, -0.1) is 0 Å². The average Bonchev–Trinajstić information content (AvgIpc) is 2.42. The molecule has 5 heteroatoms. The Balaban J connectivity index is 2.17. The Bertz CT molecular complexity index is 590. The molecule has 0 saturated carbocycles. The van der Waals surface area contributed by atoms with Gasteiger partial charge in [0.1, 0.15) is 11.6 Å². The molecule has 2 rings (SSSR count). The summed E-state index contributed by atoms with van der Waals surface area (Å²) in [5.74, 6) is 0.752. The number of hydrogen-bond acceptors (Lipinski definition) is 3. The molecule has 1 N–H and O–H groups in total. The molecule has 20 heavy (non-hydrogen) atoms. The maximum atomic E-state index is 13.2. The number of pyridine rings is 1. The number of nitrogens with one attached hydrogen (secondary N) is 1. The molecule has 0 aliphatic heterocycles. The lowest BCUT2D eigenvalue weighted by Gasteiger charge is -2.12. The van der Waals surface area contributed by atoms with Crippen LogP contribution < -0.4 is 10.1 Å². The molecule has 0 saturated heterocycles. The first-order valence-electron chi connectivity index (χ1n) is 6.36. The van der Waals surface area contributed by atoms with Gasteiger partial charge in [0, 0.05) is 24.3 Å². The first-order chi connectivity index (χ1) is 9.56. The molecule has 0 fully saturated rings. The fourth-order valence-corrected chi connectivity index (χ4v) is 1.97. The standard InChI is InChI=1S/C15H16BrFN2O/c1-10(2)19-9-11-4-3-7-18-15(11)20-12-5-6-14(17)13(16)8-12/h3-8,10,19H,9H2,1-2H3. The first kappa shape index (κ1) is 14.9. The fourth-order valence-electron chi connectivity index (χ4n) is 1.62. The average molecular weight is 339 g/mol. The molecule has 0 radical (unpaired) electrons. The number of halogens is 2. The number of rotatable bonds is 5. The van der Waals surface area contributed by atoms with Gasteiger partial charge in [-0.25, -0.2) is 9.37 Å². The Labute approximate surface area is 126 Å². The van der Waals surface area contributed by atoms with E-state index in [4.69, 9.17) is 4.74 Å². The third kappa shape index (κ3) is 4.02. The molecule has 0 amide bonds. The molecule has 1 aromatic carbocycles. The van der Waals surface area contributed by atoms with Gasteiger partial charge in [-0.05, 0) is 40.2 Å². The Kier molecular flexibility index (Phi) is 5.09. The number of benzene rings is 1. The van der Waals surface area contributed by atoms with Crippen molar-refractivity contribution in [3.8, 4) is 11.6 Å². The van der Waals surface area contributed by atoms with E-state index in [-0.39, 0.29) is 5.82 Å². The molecule has 0 aliphatic rings. The van der Waals surface area contributed by atoms with E-state index < -0.39 is 0 Å². The molecule has 1 aromatic heterocycles. The summed E-state index contributed by atoms with van der Waals surface area (Å²) in [5.41, 5.74) is 0.960. The fraction of sp³-hybridized carbons (Fsp3) is 0.267. The zero-order chi connectivity index (χ0) is 14.5. The van der Waals surface area contributed by atoms with E-state index in [0.717, 1.165) is 5.56 Å². The first-order valence-corrected chi connectivity index (χ1v) is 7.15. The SMILES string of the molecule is CC(C)NCc1cccnc1Oc1ccc(F)c(Br)c1. The molecule has 2 aromatic rings. The highest BCUT2D eigenvalue weighted by molar-refractivity contribution is 9.10. The van der Waals surface area contributed by atoms with E-state index in [1.54, 1.807) is 18.3 Å². The van der Waals surface area contributed by atoms with E-state index in [2.05, 4.69) is 40.1 Å². The van der Waals surface area contributed by atoms with Crippen molar-refractivity contribution in [3.63, 3.8) is 0 Å². The zero-order valence-electron chi connectivity index (χ0n) is 11.4. The predicted octanol–water partition coefficient (Wildman–Crippen LogP) is 4.27. The third-order valence-electron chi connectivity index (χ3n) is 2.66. The van der Waals surface area contributed by atoms with Crippen molar-refractivity contribution in [2.45, 2.75) is 26.4 Å². The van der Waals surface area contributed by atoms with Crippen molar-refractivity contribution in [3.05, 3.63) is 52.4 Å². The van der Waals surface area contributed by atoms with Gasteiger partial charge in [0.05, 0.1) is 4.47 Å². The van der Waals surface area contributed by atoms with E-state index >= 15 is 0 Å². The molecule has 106 valence electrons. The summed E-state index contributed by atoms with van der Waals surface area (Å²) in [5, 5.41) is 3.32. The van der Waals surface area contributed by atoms with Crippen molar-refractivity contribution < 1.29 is 9.13 Å². The van der Waals surface area contributed by atoms with Crippen LogP contribution in [0.5, 0.6) is 11.6 Å². The van der Waals surface area contributed by atoms with E-state index in [0.29, 0.717) is 28.7 Å². The van der Waals surface area contributed by atoms with Gasteiger partial charge in [0.25, 0.3) is 0 Å². The molecule has 0 unspecified atom stereocenters. The highest BCUT2D eigenvalue weighted by Crippen LogP contribution is 2.27. The normalized spacial score (nSPS) is 10.8. The van der Waals surface area contributed by atoms with Gasteiger partial charge < -0.3 is 10.1 Å². The second-order valence-electron chi connectivity index (χ2n) is 4.68. The maximum Gasteiger partial charge on any atom is 0.223 e. The van der Waals surface area contributed by atoms with Crippen LogP contribution in [-0.2, 0) is 6.54 Å². The number of nitrogens with zero attached hydrogens (tertiary/aromatic N) is 1. The topological polar surface area (TPSA) is 34.2 Å². The predicted molar refractivity (Wildman–Crippen MR) is 80.4 cm³/mol. The minimum Gasteiger partial charge on any atom is -0.439 e. The van der Waals surface area contributed by atoms with Crippen LogP contribution in [0.2, 0.25) is 0 Å². The molecular weight excluding hydrogens is 323 g/mol. The van der Waals surface area contributed by atoms with E-state index in [1.165, 1.54) is 6.07 Å². The minimum absolute atomic E-state index is 0.319. The smallest absolute Gasteiger partial charge is 0.223 e. The summed E-state index contributed by atoms with van der Waals surface area (Å²) in [7, 11) is 0. The summed E-state index contributed by atoms with van der Waals surface area (Å²) in [4.78, 5) is 4.23. The highest BCUT2D eigenvalue weighted by atomic mass is 79.9. The van der Waals surface area contributed by atoms with Crippen molar-refractivity contribution in [1.82, 2.24) is 10.3 Å².